The highest BCUT2D eigenvalue weighted by Gasteiger charge is 2.33. The Labute approximate surface area is 260 Å². The summed E-state index contributed by atoms with van der Waals surface area (Å²) in [5.41, 5.74) is 7.32. The number of thiazole rings is 1. The minimum atomic E-state index is -0.681. The van der Waals surface area contributed by atoms with Gasteiger partial charge in [-0.1, -0.05) is 29.5 Å². The summed E-state index contributed by atoms with van der Waals surface area (Å²) in [7, 11) is 5.29. The van der Waals surface area contributed by atoms with Crippen molar-refractivity contribution in [1.29, 1.82) is 0 Å². The molecule has 1 atom stereocenters. The van der Waals surface area contributed by atoms with Crippen LogP contribution >= 0.6 is 11.3 Å². The number of methoxy groups -OCH3 is 1. The van der Waals surface area contributed by atoms with Crippen molar-refractivity contribution in [3.8, 4) is 5.69 Å². The number of carbonyl (C=O) groups is 2. The van der Waals surface area contributed by atoms with Gasteiger partial charge in [-0.25, -0.2) is 14.6 Å². The molecule has 0 bridgehead atoms. The summed E-state index contributed by atoms with van der Waals surface area (Å²) in [4.78, 5) is 46.9. The molecule has 0 radical (unpaired) electrons. The molecule has 9 nitrogen and oxygen atoms in total. The van der Waals surface area contributed by atoms with Gasteiger partial charge in [0.2, 0.25) is 0 Å². The number of carbonyl (C=O) groups excluding carboxylic acids is 2. The quantitative estimate of drug-likeness (QED) is 0.288. The zero-order valence-corrected chi connectivity index (χ0v) is 27.0. The second-order valence-corrected chi connectivity index (χ2v) is 11.9. The molecule has 10 heteroatoms. The minimum absolute atomic E-state index is 0.212. The average Bonchev–Trinajstić information content (AvgIpc) is 3.45. The lowest BCUT2D eigenvalue weighted by atomic mass is 9.95. The molecule has 0 saturated heterocycles. The zero-order chi connectivity index (χ0) is 31.9. The van der Waals surface area contributed by atoms with Crippen molar-refractivity contribution in [2.75, 3.05) is 32.7 Å². The summed E-state index contributed by atoms with van der Waals surface area (Å²) < 4.78 is 14.6. The summed E-state index contributed by atoms with van der Waals surface area (Å²) in [6.45, 7) is 9.62. The molecule has 0 fully saturated rings. The van der Waals surface area contributed by atoms with Gasteiger partial charge in [-0.3, -0.25) is 9.36 Å². The molecule has 5 rings (SSSR count). The zero-order valence-electron chi connectivity index (χ0n) is 26.2. The highest BCUT2D eigenvalue weighted by molar-refractivity contribution is 7.07. The predicted octanol–water partition coefficient (Wildman–Crippen LogP) is 4.37. The first-order valence-electron chi connectivity index (χ1n) is 14.3. The standard InChI is InChI=1S/C34H36N4O5S/c1-9-43-33(41)29-21(4)35-34-38(30(29)23-13-15-25(16-14-23)36(6)7)31(39)28(44-34)18-24-17-19(2)37(22(24)5)27-12-10-11-26(20(27)3)32(40)42-8/h10-18,30H,9H2,1-8H3/b28-18+/t30-/m1/s1. The smallest absolute Gasteiger partial charge is 0.338 e. The number of aromatic nitrogens is 2. The van der Waals surface area contributed by atoms with Crippen molar-refractivity contribution >= 4 is 35.0 Å². The third-order valence-electron chi connectivity index (χ3n) is 7.95. The van der Waals surface area contributed by atoms with E-state index < -0.39 is 18.0 Å². The van der Waals surface area contributed by atoms with Gasteiger partial charge in [-0.05, 0) is 87.7 Å². The molecular weight excluding hydrogens is 576 g/mol. The number of hydrogen-bond acceptors (Lipinski definition) is 8. The highest BCUT2D eigenvalue weighted by Crippen LogP contribution is 2.32. The Morgan fingerprint density at radius 1 is 1.05 bits per heavy atom. The van der Waals surface area contributed by atoms with Gasteiger partial charge in [0.1, 0.15) is 0 Å². The summed E-state index contributed by atoms with van der Waals surface area (Å²) in [6.07, 6.45) is 1.87. The molecule has 0 unspecified atom stereocenters. The van der Waals surface area contributed by atoms with Gasteiger partial charge in [-0.2, -0.15) is 0 Å². The number of nitrogens with zero attached hydrogens (tertiary/aromatic N) is 4. The number of hydrogen-bond donors (Lipinski definition) is 0. The molecule has 1 aliphatic heterocycles. The molecule has 0 amide bonds. The van der Waals surface area contributed by atoms with E-state index in [4.69, 9.17) is 14.5 Å². The average molecular weight is 613 g/mol. The lowest BCUT2D eigenvalue weighted by Gasteiger charge is -2.25. The number of rotatable bonds is 7. The van der Waals surface area contributed by atoms with Crippen LogP contribution in [0.5, 0.6) is 0 Å². The van der Waals surface area contributed by atoms with Crippen LogP contribution in [-0.2, 0) is 14.3 Å². The van der Waals surface area contributed by atoms with E-state index in [9.17, 15) is 14.4 Å². The summed E-state index contributed by atoms with van der Waals surface area (Å²) >= 11 is 1.29. The van der Waals surface area contributed by atoms with Crippen LogP contribution in [0.3, 0.4) is 0 Å². The van der Waals surface area contributed by atoms with E-state index in [1.165, 1.54) is 18.4 Å². The Morgan fingerprint density at radius 2 is 1.75 bits per heavy atom. The summed E-state index contributed by atoms with van der Waals surface area (Å²) in [5.74, 6) is -0.880. The lowest BCUT2D eigenvalue weighted by molar-refractivity contribution is -0.139. The summed E-state index contributed by atoms with van der Waals surface area (Å²) in [6, 6.07) is 14.7. The second kappa shape index (κ2) is 12.1. The van der Waals surface area contributed by atoms with Crippen molar-refractivity contribution in [1.82, 2.24) is 9.13 Å². The van der Waals surface area contributed by atoms with Crippen LogP contribution in [0, 0.1) is 20.8 Å². The third-order valence-corrected chi connectivity index (χ3v) is 8.93. The van der Waals surface area contributed by atoms with Gasteiger partial charge < -0.3 is 18.9 Å². The molecule has 1 aliphatic rings. The molecular formula is C34H36N4O5S. The van der Waals surface area contributed by atoms with E-state index >= 15 is 0 Å². The van der Waals surface area contributed by atoms with Gasteiger partial charge >= 0.3 is 11.9 Å². The number of fused-ring (bicyclic) bond motifs is 1. The van der Waals surface area contributed by atoms with E-state index in [0.29, 0.717) is 26.2 Å². The molecule has 2 aromatic heterocycles. The van der Waals surface area contributed by atoms with Crippen LogP contribution < -0.4 is 19.8 Å². The number of anilines is 1. The van der Waals surface area contributed by atoms with Crippen molar-refractivity contribution in [3.63, 3.8) is 0 Å². The first-order chi connectivity index (χ1) is 21.0. The Hall–Kier alpha value is -4.70. The summed E-state index contributed by atoms with van der Waals surface area (Å²) in [5, 5.41) is 0. The molecule has 0 spiro atoms. The van der Waals surface area contributed by atoms with Crippen LogP contribution in [0.15, 0.2) is 69.6 Å². The van der Waals surface area contributed by atoms with Crippen LogP contribution in [0.4, 0.5) is 5.69 Å². The van der Waals surface area contributed by atoms with Crippen LogP contribution in [0.1, 0.15) is 58.3 Å². The van der Waals surface area contributed by atoms with Crippen molar-refractivity contribution in [2.24, 2.45) is 4.99 Å². The number of aryl methyl sites for hydroxylation is 1. The Morgan fingerprint density at radius 3 is 2.39 bits per heavy atom. The van der Waals surface area contributed by atoms with E-state index in [-0.39, 0.29) is 12.2 Å². The normalized spacial score (nSPS) is 14.7. The monoisotopic (exact) mass is 612 g/mol. The molecule has 228 valence electrons. The molecule has 2 aromatic carbocycles. The third kappa shape index (κ3) is 5.30. The largest absolute Gasteiger partial charge is 0.465 e. The van der Waals surface area contributed by atoms with E-state index in [1.807, 2.05) is 88.3 Å². The van der Waals surface area contributed by atoms with Gasteiger partial charge in [-0.15, -0.1) is 0 Å². The maximum Gasteiger partial charge on any atom is 0.338 e. The molecule has 0 aliphatic carbocycles. The Bertz CT molecular complexity index is 1990. The van der Waals surface area contributed by atoms with Gasteiger partial charge in [0.15, 0.2) is 4.80 Å². The predicted molar refractivity (Wildman–Crippen MR) is 172 cm³/mol. The molecule has 4 aromatic rings. The van der Waals surface area contributed by atoms with Crippen LogP contribution in [0.2, 0.25) is 0 Å². The van der Waals surface area contributed by atoms with E-state index in [0.717, 1.165) is 39.5 Å². The fourth-order valence-electron chi connectivity index (χ4n) is 5.70. The molecule has 44 heavy (non-hydrogen) atoms. The number of allylic oxidation sites excluding steroid dienone is 1. The van der Waals surface area contributed by atoms with Crippen molar-refractivity contribution < 1.29 is 19.1 Å². The maximum atomic E-state index is 14.1. The number of esters is 2. The topological polar surface area (TPSA) is 95.1 Å². The Kier molecular flexibility index (Phi) is 8.47. The highest BCUT2D eigenvalue weighted by atomic mass is 32.1. The fourth-order valence-corrected chi connectivity index (χ4v) is 6.74. The lowest BCUT2D eigenvalue weighted by Crippen LogP contribution is -2.40. The Balaban J connectivity index is 1.67. The molecule has 0 N–H and O–H groups in total. The fraction of sp³-hybridized carbons (Fsp3) is 0.294. The van der Waals surface area contributed by atoms with E-state index in [1.54, 1.807) is 24.5 Å². The van der Waals surface area contributed by atoms with Crippen molar-refractivity contribution in [3.05, 3.63) is 113 Å². The maximum absolute atomic E-state index is 14.1. The van der Waals surface area contributed by atoms with Crippen LogP contribution in [0.25, 0.3) is 11.8 Å². The van der Waals surface area contributed by atoms with Gasteiger partial charge in [0.25, 0.3) is 5.56 Å². The number of ether oxygens (including phenoxy) is 2. The first-order valence-corrected chi connectivity index (χ1v) is 15.1. The first kappa shape index (κ1) is 30.7. The second-order valence-electron chi connectivity index (χ2n) is 10.9. The van der Waals surface area contributed by atoms with Crippen LogP contribution in [-0.4, -0.2) is 48.9 Å². The van der Waals surface area contributed by atoms with Crippen molar-refractivity contribution in [2.45, 2.75) is 40.7 Å². The van der Waals surface area contributed by atoms with E-state index in [2.05, 4.69) is 4.57 Å². The molecule has 3 heterocycles. The minimum Gasteiger partial charge on any atom is -0.465 e. The van der Waals surface area contributed by atoms with Gasteiger partial charge in [0, 0.05) is 36.9 Å². The van der Waals surface area contributed by atoms with Gasteiger partial charge in [0.05, 0.1) is 41.1 Å². The SMILES string of the molecule is CCOC(=O)C1=C(C)N=c2s/c(=C/c3cc(C)n(-c4cccc(C(=O)OC)c4C)c3C)c(=O)n2[C@@H]1c1ccc(N(C)C)cc1. The number of benzene rings is 2. The molecule has 0 saturated carbocycles.